The number of methoxy groups -OCH3 is 1. The fraction of sp³-hybridized carbons (Fsp3) is 0.136. The Morgan fingerprint density at radius 2 is 2.00 bits per heavy atom. The highest BCUT2D eigenvalue weighted by atomic mass is 16.5. The molecule has 6 nitrogen and oxygen atoms in total. The fourth-order valence-corrected chi connectivity index (χ4v) is 3.27. The van der Waals surface area contributed by atoms with E-state index in [0.29, 0.717) is 22.6 Å². The zero-order valence-electron chi connectivity index (χ0n) is 15.5. The molecule has 0 saturated carbocycles. The van der Waals surface area contributed by atoms with Crippen molar-refractivity contribution in [1.29, 1.82) is 0 Å². The van der Waals surface area contributed by atoms with E-state index in [1.807, 2.05) is 43.3 Å². The zero-order chi connectivity index (χ0) is 19.7. The van der Waals surface area contributed by atoms with E-state index < -0.39 is 5.63 Å². The van der Waals surface area contributed by atoms with Gasteiger partial charge in [-0.2, -0.15) is 0 Å². The number of amides is 1. The predicted octanol–water partition coefficient (Wildman–Crippen LogP) is 3.84. The smallest absolute Gasteiger partial charge is 0.340 e. The van der Waals surface area contributed by atoms with Crippen LogP contribution in [0.25, 0.3) is 21.9 Å². The number of aromatic nitrogens is 1. The normalized spacial score (nSPS) is 10.9. The second-order valence-electron chi connectivity index (χ2n) is 6.46. The number of fused-ring (bicyclic) bond motifs is 2. The molecule has 28 heavy (non-hydrogen) atoms. The number of rotatable bonds is 4. The van der Waals surface area contributed by atoms with Crippen molar-refractivity contribution in [3.05, 3.63) is 76.3 Å². The SMILES string of the molecule is COc1ccc2c(C)c(CC(=O)Nc3cccc4ncccc34)c(=O)oc2c1. The van der Waals surface area contributed by atoms with Gasteiger partial charge in [0.2, 0.25) is 5.91 Å². The molecule has 6 heteroatoms. The highest BCUT2D eigenvalue weighted by molar-refractivity contribution is 6.01. The third-order valence-corrected chi connectivity index (χ3v) is 4.75. The number of aryl methyl sites for hydroxylation is 1. The Morgan fingerprint density at radius 3 is 2.82 bits per heavy atom. The molecule has 2 aromatic carbocycles. The molecule has 1 N–H and O–H groups in total. The van der Waals surface area contributed by atoms with Gasteiger partial charge in [0.1, 0.15) is 11.3 Å². The molecule has 140 valence electrons. The van der Waals surface area contributed by atoms with Gasteiger partial charge in [0.05, 0.1) is 30.3 Å². The van der Waals surface area contributed by atoms with Crippen LogP contribution in [0.3, 0.4) is 0 Å². The first-order valence-electron chi connectivity index (χ1n) is 8.81. The van der Waals surface area contributed by atoms with Gasteiger partial charge in [-0.25, -0.2) is 4.79 Å². The van der Waals surface area contributed by atoms with Gasteiger partial charge in [-0.1, -0.05) is 6.07 Å². The van der Waals surface area contributed by atoms with Crippen LogP contribution in [0.5, 0.6) is 5.75 Å². The topological polar surface area (TPSA) is 81.4 Å². The number of pyridine rings is 1. The number of carbonyl (C=O) groups is 1. The van der Waals surface area contributed by atoms with Crippen molar-refractivity contribution < 1.29 is 13.9 Å². The lowest BCUT2D eigenvalue weighted by atomic mass is 10.0. The van der Waals surface area contributed by atoms with Crippen molar-refractivity contribution in [1.82, 2.24) is 4.98 Å². The molecule has 2 aromatic heterocycles. The summed E-state index contributed by atoms with van der Waals surface area (Å²) in [4.78, 5) is 29.4. The number of carbonyl (C=O) groups excluding carboxylic acids is 1. The number of nitrogens with zero attached hydrogens (tertiary/aromatic N) is 1. The standard InChI is InChI=1S/C22H18N2O4/c1-13-15-9-8-14(27-2)11-20(15)28-22(26)17(13)12-21(25)24-19-7-3-6-18-16(19)5-4-10-23-18/h3-11H,12H2,1-2H3,(H,24,25). The molecule has 0 aliphatic heterocycles. The summed E-state index contributed by atoms with van der Waals surface area (Å²) in [6, 6.07) is 14.5. The van der Waals surface area contributed by atoms with E-state index in [9.17, 15) is 9.59 Å². The average Bonchev–Trinajstić information content (AvgIpc) is 2.71. The molecule has 0 fully saturated rings. The Hall–Kier alpha value is -3.67. The molecule has 2 heterocycles. The number of benzene rings is 2. The third-order valence-electron chi connectivity index (χ3n) is 4.75. The second kappa shape index (κ2) is 7.15. The predicted molar refractivity (Wildman–Crippen MR) is 108 cm³/mol. The van der Waals surface area contributed by atoms with Gasteiger partial charge < -0.3 is 14.5 Å². The van der Waals surface area contributed by atoms with E-state index in [-0.39, 0.29) is 12.3 Å². The van der Waals surface area contributed by atoms with Crippen LogP contribution >= 0.6 is 0 Å². The maximum atomic E-state index is 12.6. The molecule has 0 atom stereocenters. The van der Waals surface area contributed by atoms with Crippen molar-refractivity contribution in [3.63, 3.8) is 0 Å². The van der Waals surface area contributed by atoms with Crippen LogP contribution in [0.1, 0.15) is 11.1 Å². The summed E-state index contributed by atoms with van der Waals surface area (Å²) in [6.45, 7) is 1.82. The molecule has 0 aliphatic carbocycles. The van der Waals surface area contributed by atoms with Crippen molar-refractivity contribution in [2.75, 3.05) is 12.4 Å². The van der Waals surface area contributed by atoms with Crippen LogP contribution in [-0.4, -0.2) is 18.0 Å². The third kappa shape index (κ3) is 3.20. The highest BCUT2D eigenvalue weighted by Crippen LogP contribution is 2.25. The quantitative estimate of drug-likeness (QED) is 0.549. The Morgan fingerprint density at radius 1 is 1.14 bits per heavy atom. The van der Waals surface area contributed by atoms with Crippen LogP contribution in [0.2, 0.25) is 0 Å². The summed E-state index contributed by atoms with van der Waals surface area (Å²) in [5, 5.41) is 4.49. The Labute approximate surface area is 160 Å². The maximum Gasteiger partial charge on any atom is 0.340 e. The number of nitrogens with one attached hydrogen (secondary N) is 1. The number of ether oxygens (including phenoxy) is 1. The number of hydrogen-bond acceptors (Lipinski definition) is 5. The van der Waals surface area contributed by atoms with E-state index in [0.717, 1.165) is 21.9 Å². The molecular formula is C22H18N2O4. The van der Waals surface area contributed by atoms with Crippen molar-refractivity contribution in [3.8, 4) is 5.75 Å². The van der Waals surface area contributed by atoms with E-state index >= 15 is 0 Å². The van der Waals surface area contributed by atoms with Gasteiger partial charge in [0.15, 0.2) is 0 Å². The number of hydrogen-bond donors (Lipinski definition) is 1. The average molecular weight is 374 g/mol. The lowest BCUT2D eigenvalue weighted by molar-refractivity contribution is -0.115. The maximum absolute atomic E-state index is 12.6. The molecule has 4 rings (SSSR count). The van der Waals surface area contributed by atoms with Crippen LogP contribution < -0.4 is 15.7 Å². The summed E-state index contributed by atoms with van der Waals surface area (Å²) in [5.41, 5.74) is 2.43. The van der Waals surface area contributed by atoms with E-state index in [4.69, 9.17) is 9.15 Å². The molecule has 0 unspecified atom stereocenters. The lowest BCUT2D eigenvalue weighted by Gasteiger charge is -2.10. The van der Waals surface area contributed by atoms with Crippen LogP contribution in [-0.2, 0) is 11.2 Å². The zero-order valence-corrected chi connectivity index (χ0v) is 15.5. The number of anilines is 1. The van der Waals surface area contributed by atoms with Crippen molar-refractivity contribution in [2.24, 2.45) is 0 Å². The summed E-state index contributed by atoms with van der Waals surface area (Å²) in [6.07, 6.45) is 1.62. The van der Waals surface area contributed by atoms with E-state index in [2.05, 4.69) is 10.3 Å². The highest BCUT2D eigenvalue weighted by Gasteiger charge is 2.16. The van der Waals surface area contributed by atoms with Crippen molar-refractivity contribution >= 4 is 33.5 Å². The van der Waals surface area contributed by atoms with E-state index in [1.54, 1.807) is 25.4 Å². The Kier molecular flexibility index (Phi) is 4.53. The van der Waals surface area contributed by atoms with Gasteiger partial charge in [0.25, 0.3) is 0 Å². The Balaban J connectivity index is 1.66. The minimum absolute atomic E-state index is 0.0766. The Bertz CT molecular complexity index is 1260. The van der Waals surface area contributed by atoms with Gasteiger partial charge in [-0.3, -0.25) is 9.78 Å². The van der Waals surface area contributed by atoms with Gasteiger partial charge in [-0.15, -0.1) is 0 Å². The molecule has 0 aliphatic rings. The molecule has 0 saturated heterocycles. The van der Waals surface area contributed by atoms with E-state index in [1.165, 1.54) is 0 Å². The van der Waals surface area contributed by atoms with Gasteiger partial charge in [0, 0.05) is 23.0 Å². The molecule has 0 spiro atoms. The molecular weight excluding hydrogens is 356 g/mol. The molecule has 0 bridgehead atoms. The summed E-state index contributed by atoms with van der Waals surface area (Å²) < 4.78 is 10.6. The molecule has 1 amide bonds. The minimum Gasteiger partial charge on any atom is -0.497 e. The second-order valence-corrected chi connectivity index (χ2v) is 6.46. The minimum atomic E-state index is -0.520. The molecule has 4 aromatic rings. The van der Waals surface area contributed by atoms with Gasteiger partial charge in [-0.05, 0) is 48.9 Å². The van der Waals surface area contributed by atoms with Crippen molar-refractivity contribution in [2.45, 2.75) is 13.3 Å². The largest absolute Gasteiger partial charge is 0.497 e. The molecule has 0 radical (unpaired) electrons. The monoisotopic (exact) mass is 374 g/mol. The van der Waals surface area contributed by atoms with Gasteiger partial charge >= 0.3 is 5.63 Å². The summed E-state index contributed by atoms with van der Waals surface area (Å²) in [5.74, 6) is 0.310. The van der Waals surface area contributed by atoms with Crippen LogP contribution in [0.4, 0.5) is 5.69 Å². The first kappa shape index (κ1) is 17.7. The first-order chi connectivity index (χ1) is 13.6. The summed E-state index contributed by atoms with van der Waals surface area (Å²) in [7, 11) is 1.55. The van der Waals surface area contributed by atoms with Crippen LogP contribution in [0.15, 0.2) is 63.9 Å². The summed E-state index contributed by atoms with van der Waals surface area (Å²) >= 11 is 0. The lowest BCUT2D eigenvalue weighted by Crippen LogP contribution is -2.20. The first-order valence-corrected chi connectivity index (χ1v) is 8.81. The fourth-order valence-electron chi connectivity index (χ4n) is 3.27. The van der Waals surface area contributed by atoms with Crippen LogP contribution in [0, 0.1) is 6.92 Å².